The molecule has 3 N–H and O–H groups in total. The summed E-state index contributed by atoms with van der Waals surface area (Å²) in [6, 6.07) is 3.36. The summed E-state index contributed by atoms with van der Waals surface area (Å²) in [5.41, 5.74) is 0.994. The Morgan fingerprint density at radius 3 is 2.67 bits per heavy atom. The van der Waals surface area contributed by atoms with Crippen LogP contribution in [-0.2, 0) is 6.42 Å². The van der Waals surface area contributed by atoms with Gasteiger partial charge in [0.25, 0.3) is 0 Å². The molecule has 0 amide bonds. The molecule has 1 aromatic carbocycles. The van der Waals surface area contributed by atoms with Gasteiger partial charge in [-0.1, -0.05) is 0 Å². The number of ether oxygens (including phenoxy) is 1. The zero-order valence-corrected chi connectivity index (χ0v) is 8.66. The summed E-state index contributed by atoms with van der Waals surface area (Å²) >= 11 is 0. The average molecular weight is 209 g/mol. The molecule has 1 saturated heterocycles. The largest absolute Gasteiger partial charge is 0.504 e. The van der Waals surface area contributed by atoms with Crippen molar-refractivity contribution in [2.45, 2.75) is 6.42 Å². The van der Waals surface area contributed by atoms with E-state index in [0.717, 1.165) is 25.1 Å². The van der Waals surface area contributed by atoms with Crippen molar-refractivity contribution in [1.82, 2.24) is 5.32 Å². The van der Waals surface area contributed by atoms with Crippen LogP contribution in [0.1, 0.15) is 5.56 Å². The minimum Gasteiger partial charge on any atom is -0.504 e. The fourth-order valence-corrected chi connectivity index (χ4v) is 1.75. The Labute approximate surface area is 88.5 Å². The number of phenols is 2. The highest BCUT2D eigenvalue weighted by Gasteiger charge is 2.18. The van der Waals surface area contributed by atoms with Crippen LogP contribution < -0.4 is 10.1 Å². The van der Waals surface area contributed by atoms with Crippen LogP contribution in [0, 0.1) is 5.92 Å². The van der Waals surface area contributed by atoms with Crippen molar-refractivity contribution in [3.05, 3.63) is 17.7 Å². The number of nitrogens with one attached hydrogen (secondary N) is 1. The summed E-state index contributed by atoms with van der Waals surface area (Å²) in [4.78, 5) is 0. The molecule has 0 spiro atoms. The molecular formula is C11H15NO3. The number of phenolic OH excluding ortho intramolecular Hbond substituents is 2. The third kappa shape index (κ3) is 1.99. The lowest BCUT2D eigenvalue weighted by Gasteiger charge is -2.27. The Balaban J connectivity index is 2.19. The van der Waals surface area contributed by atoms with Gasteiger partial charge >= 0.3 is 0 Å². The first kappa shape index (κ1) is 10.1. The summed E-state index contributed by atoms with van der Waals surface area (Å²) in [6.07, 6.45) is 0.900. The molecule has 0 atom stereocenters. The molecule has 0 radical (unpaired) electrons. The van der Waals surface area contributed by atoms with Crippen LogP contribution in [0.4, 0.5) is 0 Å². The van der Waals surface area contributed by atoms with Crippen molar-refractivity contribution in [1.29, 1.82) is 0 Å². The van der Waals surface area contributed by atoms with Crippen molar-refractivity contribution >= 4 is 0 Å². The Morgan fingerprint density at radius 2 is 2.13 bits per heavy atom. The molecule has 82 valence electrons. The molecule has 0 bridgehead atoms. The molecule has 1 heterocycles. The maximum atomic E-state index is 9.47. The minimum absolute atomic E-state index is 0.114. The summed E-state index contributed by atoms with van der Waals surface area (Å²) in [5, 5.41) is 22.1. The van der Waals surface area contributed by atoms with Crippen LogP contribution in [0.5, 0.6) is 17.2 Å². The van der Waals surface area contributed by atoms with Crippen LogP contribution in [0.2, 0.25) is 0 Å². The van der Waals surface area contributed by atoms with Crippen molar-refractivity contribution in [3.63, 3.8) is 0 Å². The van der Waals surface area contributed by atoms with Gasteiger partial charge in [0.1, 0.15) is 0 Å². The molecule has 0 aliphatic carbocycles. The Kier molecular flexibility index (Phi) is 2.68. The van der Waals surface area contributed by atoms with Crippen LogP contribution in [0.3, 0.4) is 0 Å². The molecule has 2 rings (SSSR count). The zero-order valence-electron chi connectivity index (χ0n) is 8.66. The number of rotatable bonds is 3. The smallest absolute Gasteiger partial charge is 0.200 e. The van der Waals surface area contributed by atoms with Gasteiger partial charge in [0.15, 0.2) is 11.5 Å². The zero-order chi connectivity index (χ0) is 10.8. The third-order valence-corrected chi connectivity index (χ3v) is 2.72. The highest BCUT2D eigenvalue weighted by Crippen LogP contribution is 2.36. The van der Waals surface area contributed by atoms with Gasteiger partial charge in [0.05, 0.1) is 7.11 Å². The maximum Gasteiger partial charge on any atom is 0.200 e. The number of methoxy groups -OCH3 is 1. The molecule has 1 aromatic rings. The third-order valence-electron chi connectivity index (χ3n) is 2.72. The predicted molar refractivity (Wildman–Crippen MR) is 56.4 cm³/mol. The fraction of sp³-hybridized carbons (Fsp3) is 0.455. The Morgan fingerprint density at radius 1 is 1.40 bits per heavy atom. The van der Waals surface area contributed by atoms with E-state index >= 15 is 0 Å². The number of aromatic hydroxyl groups is 2. The molecule has 15 heavy (non-hydrogen) atoms. The molecule has 0 aromatic heterocycles. The van der Waals surface area contributed by atoms with Gasteiger partial charge in [-0.15, -0.1) is 0 Å². The van der Waals surface area contributed by atoms with E-state index < -0.39 is 0 Å². The highest BCUT2D eigenvalue weighted by atomic mass is 16.5. The van der Waals surface area contributed by atoms with Crippen LogP contribution >= 0.6 is 0 Å². The minimum atomic E-state index is -0.187. The molecule has 1 fully saturated rings. The van der Waals surface area contributed by atoms with Crippen molar-refractivity contribution in [2.75, 3.05) is 20.2 Å². The fourth-order valence-electron chi connectivity index (χ4n) is 1.75. The molecular weight excluding hydrogens is 194 g/mol. The molecule has 4 nitrogen and oxygen atoms in total. The van der Waals surface area contributed by atoms with Crippen LogP contribution in [0.15, 0.2) is 12.1 Å². The van der Waals surface area contributed by atoms with E-state index in [9.17, 15) is 10.2 Å². The van der Waals surface area contributed by atoms with E-state index in [1.165, 1.54) is 7.11 Å². The number of hydrogen-bond donors (Lipinski definition) is 3. The summed E-state index contributed by atoms with van der Waals surface area (Å²) in [5.74, 6) is 0.653. The monoisotopic (exact) mass is 209 g/mol. The number of hydrogen-bond acceptors (Lipinski definition) is 4. The average Bonchev–Trinajstić information content (AvgIpc) is 2.16. The van der Waals surface area contributed by atoms with E-state index in [1.807, 2.05) is 0 Å². The lowest BCUT2D eigenvalue weighted by molar-refractivity contribution is 0.337. The standard InChI is InChI=1S/C11H15NO3/c1-15-10-4-7(2-8-5-12-6-8)3-9(13)11(10)14/h3-4,8,12-14H,2,5-6H2,1H3. The SMILES string of the molecule is COc1cc(CC2CNC2)cc(O)c1O. The van der Waals surface area contributed by atoms with E-state index in [1.54, 1.807) is 12.1 Å². The van der Waals surface area contributed by atoms with Crippen molar-refractivity contribution in [2.24, 2.45) is 5.92 Å². The Bertz CT molecular complexity index is 361. The number of benzene rings is 1. The van der Waals surface area contributed by atoms with Crippen molar-refractivity contribution in [3.8, 4) is 17.2 Å². The molecule has 1 aliphatic heterocycles. The van der Waals surface area contributed by atoms with Gasteiger partial charge in [-0.3, -0.25) is 0 Å². The summed E-state index contributed by atoms with van der Waals surface area (Å²) < 4.78 is 4.97. The second kappa shape index (κ2) is 3.98. The quantitative estimate of drug-likeness (QED) is 0.646. The second-order valence-electron chi connectivity index (χ2n) is 3.89. The normalized spacial score (nSPS) is 16.1. The highest BCUT2D eigenvalue weighted by molar-refractivity contribution is 5.52. The van der Waals surface area contributed by atoms with E-state index in [2.05, 4.69) is 5.32 Å². The summed E-state index contributed by atoms with van der Waals surface area (Å²) in [7, 11) is 1.48. The van der Waals surface area contributed by atoms with E-state index in [0.29, 0.717) is 11.7 Å². The van der Waals surface area contributed by atoms with Gasteiger partial charge in [0, 0.05) is 0 Å². The van der Waals surface area contributed by atoms with Gasteiger partial charge in [-0.2, -0.15) is 0 Å². The summed E-state index contributed by atoms with van der Waals surface area (Å²) in [6.45, 7) is 2.04. The van der Waals surface area contributed by atoms with E-state index in [-0.39, 0.29) is 11.5 Å². The first-order chi connectivity index (χ1) is 7.20. The molecule has 4 heteroatoms. The lowest BCUT2D eigenvalue weighted by Crippen LogP contribution is -2.43. The first-order valence-electron chi connectivity index (χ1n) is 5.00. The van der Waals surface area contributed by atoms with Crippen molar-refractivity contribution < 1.29 is 14.9 Å². The predicted octanol–water partition coefficient (Wildman–Crippen LogP) is 0.868. The van der Waals surface area contributed by atoms with E-state index in [4.69, 9.17) is 4.74 Å². The lowest BCUT2D eigenvalue weighted by atomic mass is 9.94. The molecule has 0 saturated carbocycles. The van der Waals surface area contributed by atoms with Crippen LogP contribution in [-0.4, -0.2) is 30.4 Å². The molecule has 1 aliphatic rings. The van der Waals surface area contributed by atoms with Gasteiger partial charge < -0.3 is 20.3 Å². The van der Waals surface area contributed by atoms with Gasteiger partial charge in [-0.25, -0.2) is 0 Å². The maximum absolute atomic E-state index is 9.47. The van der Waals surface area contributed by atoms with Gasteiger partial charge in [-0.05, 0) is 43.1 Å². The first-order valence-corrected chi connectivity index (χ1v) is 5.00. The Hall–Kier alpha value is -1.42. The molecule has 0 unspecified atom stereocenters. The topological polar surface area (TPSA) is 61.7 Å². The second-order valence-corrected chi connectivity index (χ2v) is 3.89. The van der Waals surface area contributed by atoms with Crippen LogP contribution in [0.25, 0.3) is 0 Å². The van der Waals surface area contributed by atoms with Gasteiger partial charge in [0.2, 0.25) is 5.75 Å².